The van der Waals surface area contributed by atoms with Crippen LogP contribution < -0.4 is 4.68 Å². The van der Waals surface area contributed by atoms with Crippen LogP contribution in [-0.4, -0.2) is 5.10 Å². The zero-order valence-corrected chi connectivity index (χ0v) is 3.46. The van der Waals surface area contributed by atoms with Gasteiger partial charge in [0.05, 0.1) is 0 Å². The fourth-order valence-corrected chi connectivity index (χ4v) is 0.244. The number of hydrogen-bond acceptors (Lipinski definition) is 2. The van der Waals surface area contributed by atoms with Crippen LogP contribution in [0.15, 0.2) is 17.2 Å². The van der Waals surface area contributed by atoms with E-state index in [4.69, 9.17) is 0 Å². The molecular weight excluding hydrogens is 80.0 g/mol. The van der Waals surface area contributed by atoms with Crippen molar-refractivity contribution in [3.8, 4) is 0 Å². The predicted molar refractivity (Wildman–Crippen MR) is 17.7 cm³/mol. The molecule has 1 aromatic heterocycles. The predicted octanol–water partition coefficient (Wildman–Crippen LogP) is -0.501. The Labute approximate surface area is 35.2 Å². The summed E-state index contributed by atoms with van der Waals surface area (Å²) in [5.74, 6) is 0. The van der Waals surface area contributed by atoms with Crippen LogP contribution in [0.4, 0.5) is 0 Å². The molecule has 0 saturated carbocycles. The summed E-state index contributed by atoms with van der Waals surface area (Å²) >= 11 is 0. The molecule has 0 N–H and O–H groups in total. The molecule has 0 saturated heterocycles. The summed E-state index contributed by atoms with van der Waals surface area (Å²) < 4.78 is 6.15. The van der Waals surface area contributed by atoms with Crippen LogP contribution in [0.5, 0.6) is 0 Å². The molecular formula is C3H5N2O+. The topological polar surface area (TPSA) is 29.9 Å². The van der Waals surface area contributed by atoms with Crippen LogP contribution in [-0.2, 0) is 7.05 Å². The Balaban J connectivity index is 3.05. The van der Waals surface area contributed by atoms with Crippen molar-refractivity contribution in [2.24, 2.45) is 7.05 Å². The largest absolute Gasteiger partial charge is 0.391 e. The Hall–Kier alpha value is -0.860. The second-order valence-electron chi connectivity index (χ2n) is 1.04. The normalized spacial score (nSPS) is 8.83. The average molecular weight is 85.1 g/mol. The molecule has 0 fully saturated rings. The first-order valence-electron chi connectivity index (χ1n) is 1.64. The number of nitrogens with zero attached hydrogens (tertiary/aromatic N) is 2. The molecule has 0 bridgehead atoms. The van der Waals surface area contributed by atoms with Crippen LogP contribution >= 0.6 is 0 Å². The standard InChI is InChI=1S/C3H5N2O/c1-5-3-6-2-4-5/h2-3H,1H3/q+1. The summed E-state index contributed by atoms with van der Waals surface area (Å²) in [6, 6.07) is 0. The third-order valence-corrected chi connectivity index (χ3v) is 0.504. The fourth-order valence-electron chi connectivity index (χ4n) is 0.244. The van der Waals surface area contributed by atoms with Crippen molar-refractivity contribution in [3.05, 3.63) is 12.8 Å². The summed E-state index contributed by atoms with van der Waals surface area (Å²) in [5.41, 5.74) is 0. The Morgan fingerprint density at radius 2 is 2.67 bits per heavy atom. The van der Waals surface area contributed by atoms with E-state index in [9.17, 15) is 0 Å². The SMILES string of the molecule is C[n+]1cocn1. The van der Waals surface area contributed by atoms with Crippen LogP contribution in [0.2, 0.25) is 0 Å². The highest BCUT2D eigenvalue weighted by molar-refractivity contribution is 4.17. The summed E-state index contributed by atoms with van der Waals surface area (Å²) in [6.07, 6.45) is 2.89. The molecule has 0 spiro atoms. The number of hydrogen-bond donors (Lipinski definition) is 0. The monoisotopic (exact) mass is 85.0 g/mol. The first-order valence-corrected chi connectivity index (χ1v) is 1.64. The summed E-state index contributed by atoms with van der Waals surface area (Å²) in [6.45, 7) is 0. The van der Waals surface area contributed by atoms with E-state index in [1.807, 2.05) is 0 Å². The van der Waals surface area contributed by atoms with Gasteiger partial charge in [-0.05, 0) is 0 Å². The van der Waals surface area contributed by atoms with Crippen molar-refractivity contribution in [1.29, 1.82) is 0 Å². The minimum absolute atomic E-state index is 1.38. The fraction of sp³-hybridized carbons (Fsp3) is 0.333. The van der Waals surface area contributed by atoms with Gasteiger partial charge in [0.15, 0.2) is 7.05 Å². The molecule has 0 aliphatic carbocycles. The van der Waals surface area contributed by atoms with Crippen molar-refractivity contribution >= 4 is 0 Å². The van der Waals surface area contributed by atoms with Crippen molar-refractivity contribution < 1.29 is 9.10 Å². The summed E-state index contributed by atoms with van der Waals surface area (Å²) in [5, 5.41) is 3.67. The maximum absolute atomic E-state index is 4.57. The molecule has 0 amide bonds. The first kappa shape index (κ1) is 3.33. The third-order valence-electron chi connectivity index (χ3n) is 0.504. The van der Waals surface area contributed by atoms with Crippen LogP contribution in [0.25, 0.3) is 0 Å². The van der Waals surface area contributed by atoms with Crippen molar-refractivity contribution in [3.63, 3.8) is 0 Å². The van der Waals surface area contributed by atoms with Gasteiger partial charge in [-0.1, -0.05) is 4.68 Å². The van der Waals surface area contributed by atoms with Gasteiger partial charge in [-0.2, -0.15) is 0 Å². The van der Waals surface area contributed by atoms with E-state index in [1.165, 1.54) is 12.8 Å². The van der Waals surface area contributed by atoms with Gasteiger partial charge in [0.25, 0.3) is 6.39 Å². The lowest BCUT2D eigenvalue weighted by Crippen LogP contribution is -2.27. The van der Waals surface area contributed by atoms with Gasteiger partial charge in [0, 0.05) is 5.10 Å². The van der Waals surface area contributed by atoms with Gasteiger partial charge >= 0.3 is 6.39 Å². The zero-order valence-electron chi connectivity index (χ0n) is 3.46. The lowest BCUT2D eigenvalue weighted by atomic mass is 11.3. The second-order valence-corrected chi connectivity index (χ2v) is 1.04. The quantitative estimate of drug-likeness (QED) is 0.397. The number of aromatic nitrogens is 2. The molecule has 3 nitrogen and oxygen atoms in total. The maximum atomic E-state index is 4.57. The molecule has 1 aromatic rings. The summed E-state index contributed by atoms with van der Waals surface area (Å²) in [4.78, 5) is 0. The van der Waals surface area contributed by atoms with E-state index in [-0.39, 0.29) is 0 Å². The van der Waals surface area contributed by atoms with Crippen LogP contribution in [0, 0.1) is 0 Å². The van der Waals surface area contributed by atoms with Gasteiger partial charge in [0.1, 0.15) is 0 Å². The molecule has 3 heteroatoms. The van der Waals surface area contributed by atoms with E-state index in [0.29, 0.717) is 0 Å². The van der Waals surface area contributed by atoms with Crippen molar-refractivity contribution in [2.75, 3.05) is 0 Å². The smallest absolute Gasteiger partial charge is 0.361 e. The molecule has 1 rings (SSSR count). The third kappa shape index (κ3) is 0.381. The van der Waals surface area contributed by atoms with Gasteiger partial charge in [-0.25, -0.2) is 0 Å². The van der Waals surface area contributed by atoms with E-state index in [2.05, 4.69) is 9.52 Å². The van der Waals surface area contributed by atoms with E-state index < -0.39 is 0 Å². The first-order chi connectivity index (χ1) is 2.89. The maximum Gasteiger partial charge on any atom is 0.361 e. The molecule has 6 heavy (non-hydrogen) atoms. The van der Waals surface area contributed by atoms with E-state index in [1.54, 1.807) is 11.7 Å². The molecule has 1 heterocycles. The molecule has 32 valence electrons. The Morgan fingerprint density at radius 1 is 1.83 bits per heavy atom. The highest BCUT2D eigenvalue weighted by Crippen LogP contribution is 1.62. The van der Waals surface area contributed by atoms with E-state index >= 15 is 0 Å². The Kier molecular flexibility index (Phi) is 0.602. The van der Waals surface area contributed by atoms with Gasteiger partial charge in [-0.15, -0.1) is 0 Å². The number of aryl methyl sites for hydroxylation is 1. The highest BCUT2D eigenvalue weighted by Gasteiger charge is 1.85. The Morgan fingerprint density at radius 3 is 2.83 bits per heavy atom. The van der Waals surface area contributed by atoms with Gasteiger partial charge in [0.2, 0.25) is 0 Å². The Bertz CT molecular complexity index is 112. The van der Waals surface area contributed by atoms with Crippen LogP contribution in [0.1, 0.15) is 0 Å². The molecule has 0 aromatic carbocycles. The lowest BCUT2D eigenvalue weighted by Gasteiger charge is -1.56. The molecule has 0 atom stereocenters. The zero-order chi connectivity index (χ0) is 4.41. The average Bonchev–Trinajstić information content (AvgIpc) is 1.86. The second kappa shape index (κ2) is 1.08. The minimum Gasteiger partial charge on any atom is -0.391 e. The van der Waals surface area contributed by atoms with Gasteiger partial charge in [-0.3, -0.25) is 0 Å². The molecule has 0 unspecified atom stereocenters. The number of rotatable bonds is 0. The van der Waals surface area contributed by atoms with Crippen molar-refractivity contribution in [1.82, 2.24) is 5.10 Å². The van der Waals surface area contributed by atoms with Crippen LogP contribution in [0.3, 0.4) is 0 Å². The van der Waals surface area contributed by atoms with Gasteiger partial charge < -0.3 is 4.42 Å². The summed E-state index contributed by atoms with van der Waals surface area (Å²) in [7, 11) is 1.80. The molecule has 0 aliphatic rings. The molecule has 0 radical (unpaired) electrons. The lowest BCUT2D eigenvalue weighted by molar-refractivity contribution is -0.731. The van der Waals surface area contributed by atoms with Crippen molar-refractivity contribution in [2.45, 2.75) is 0 Å². The highest BCUT2D eigenvalue weighted by atomic mass is 16.3. The molecule has 0 aliphatic heterocycles. The van der Waals surface area contributed by atoms with E-state index in [0.717, 1.165) is 0 Å². The minimum atomic E-state index is 1.38.